The van der Waals surface area contributed by atoms with Crippen LogP contribution in [-0.4, -0.2) is 49.0 Å². The zero-order valence-corrected chi connectivity index (χ0v) is 19.5. The van der Waals surface area contributed by atoms with E-state index in [1.165, 1.54) is 32.5 Å². The molecule has 1 aliphatic carbocycles. The van der Waals surface area contributed by atoms with Crippen LogP contribution in [0.4, 0.5) is 4.39 Å². The number of carbonyl (C=O) groups is 1. The highest BCUT2D eigenvalue weighted by molar-refractivity contribution is 6.61. The van der Waals surface area contributed by atoms with Crippen LogP contribution in [0.2, 0.25) is 0 Å². The summed E-state index contributed by atoms with van der Waals surface area (Å²) in [6.07, 6.45) is 3.40. The number of benzene rings is 2. The summed E-state index contributed by atoms with van der Waals surface area (Å²) in [5, 5.41) is 25.9. The van der Waals surface area contributed by atoms with E-state index in [1.54, 1.807) is 24.3 Å². The average molecular weight is 478 g/mol. The summed E-state index contributed by atoms with van der Waals surface area (Å²) < 4.78 is 29.8. The van der Waals surface area contributed by atoms with E-state index in [9.17, 15) is 19.2 Å². The van der Waals surface area contributed by atoms with Gasteiger partial charge in [0.05, 0.1) is 32.3 Å². The number of ether oxygens (including phenoxy) is 2. The van der Waals surface area contributed by atoms with Crippen LogP contribution in [0.3, 0.4) is 0 Å². The fourth-order valence-corrected chi connectivity index (χ4v) is 4.19. The lowest BCUT2D eigenvalue weighted by Gasteiger charge is -2.14. The lowest BCUT2D eigenvalue weighted by Crippen LogP contribution is -2.32. The molecule has 0 bridgehead atoms. The first kappa shape index (κ1) is 24.2. The maximum atomic E-state index is 14.2. The van der Waals surface area contributed by atoms with Crippen LogP contribution in [0.15, 0.2) is 52.7 Å². The highest BCUT2D eigenvalue weighted by atomic mass is 19.1. The molecule has 0 spiro atoms. The Labute approximate surface area is 201 Å². The second-order valence-corrected chi connectivity index (χ2v) is 8.00. The zero-order valence-electron chi connectivity index (χ0n) is 19.5. The summed E-state index contributed by atoms with van der Waals surface area (Å²) in [6, 6.07) is 9.48. The van der Waals surface area contributed by atoms with E-state index in [2.05, 4.69) is 10.5 Å². The second kappa shape index (κ2) is 10.2. The summed E-state index contributed by atoms with van der Waals surface area (Å²) in [4.78, 5) is 12.4. The molecular formula is C25H24BFN2O6. The first-order chi connectivity index (χ1) is 16.8. The average Bonchev–Trinajstić information content (AvgIpc) is 3.43. The van der Waals surface area contributed by atoms with Gasteiger partial charge in [-0.3, -0.25) is 4.79 Å². The van der Waals surface area contributed by atoms with Gasteiger partial charge in [0.1, 0.15) is 23.1 Å². The van der Waals surface area contributed by atoms with Crippen molar-refractivity contribution in [1.82, 2.24) is 10.5 Å². The molecule has 0 unspecified atom stereocenters. The third-order valence-corrected chi connectivity index (χ3v) is 5.88. The van der Waals surface area contributed by atoms with Crippen molar-refractivity contribution in [2.45, 2.75) is 13.3 Å². The molecule has 8 nitrogen and oxygen atoms in total. The molecule has 1 amide bonds. The number of nitrogens with zero attached hydrogens (tertiary/aromatic N) is 1. The maximum Gasteiger partial charge on any atom is 0.496 e. The van der Waals surface area contributed by atoms with Crippen molar-refractivity contribution in [3.8, 4) is 11.5 Å². The molecule has 2 aromatic carbocycles. The van der Waals surface area contributed by atoms with Gasteiger partial charge in [0.15, 0.2) is 0 Å². The van der Waals surface area contributed by atoms with E-state index >= 15 is 0 Å². The highest BCUT2D eigenvalue weighted by Gasteiger charge is 2.26. The van der Waals surface area contributed by atoms with Gasteiger partial charge in [0.25, 0.3) is 0 Å². The zero-order chi connectivity index (χ0) is 25.1. The number of amides is 1. The number of hydrogen-bond donors (Lipinski definition) is 3. The fraction of sp³-hybridized carbons (Fsp3) is 0.200. The molecule has 3 aromatic rings. The third-order valence-electron chi connectivity index (χ3n) is 5.88. The summed E-state index contributed by atoms with van der Waals surface area (Å²) in [5.74, 6) is 0.332. The van der Waals surface area contributed by atoms with E-state index in [0.717, 1.165) is 22.3 Å². The Morgan fingerprint density at radius 3 is 2.46 bits per heavy atom. The number of rotatable bonds is 8. The van der Waals surface area contributed by atoms with Gasteiger partial charge < -0.3 is 29.4 Å². The predicted molar refractivity (Wildman–Crippen MR) is 129 cm³/mol. The van der Waals surface area contributed by atoms with Crippen LogP contribution in [-0.2, 0) is 11.2 Å². The normalized spacial score (nSPS) is 13.7. The fourth-order valence-electron chi connectivity index (χ4n) is 4.19. The Bertz CT molecular complexity index is 1290. The van der Waals surface area contributed by atoms with Gasteiger partial charge in [-0.15, -0.1) is 0 Å². The minimum atomic E-state index is -1.77. The smallest absolute Gasteiger partial charge is 0.496 e. The predicted octanol–water partition coefficient (Wildman–Crippen LogP) is 2.20. The van der Waals surface area contributed by atoms with E-state index in [4.69, 9.17) is 14.0 Å². The SMILES string of the molecule is COc1cc(/C=C2/C(C)=C(CNC(=O)Cc3ccno3)c3cc(F)ccc32)cc(OC)c1B(O)O. The molecule has 0 atom stereocenters. The van der Waals surface area contributed by atoms with Crippen LogP contribution in [0, 0.1) is 5.82 Å². The first-order valence-corrected chi connectivity index (χ1v) is 10.8. The van der Waals surface area contributed by atoms with E-state index < -0.39 is 7.12 Å². The number of hydrogen-bond acceptors (Lipinski definition) is 7. The third kappa shape index (κ3) is 4.98. The summed E-state index contributed by atoms with van der Waals surface area (Å²) in [5.41, 5.74) is 4.80. The van der Waals surface area contributed by atoms with Crippen molar-refractivity contribution >= 4 is 35.7 Å². The molecule has 180 valence electrons. The Kier molecular flexibility index (Phi) is 7.04. The number of halogens is 1. The maximum absolute atomic E-state index is 14.2. The molecule has 1 aromatic heterocycles. The number of methoxy groups -OCH3 is 2. The minimum absolute atomic E-state index is 0.0493. The van der Waals surface area contributed by atoms with Crippen LogP contribution < -0.4 is 20.3 Å². The molecule has 0 aliphatic heterocycles. The largest absolute Gasteiger partial charge is 0.497 e. The van der Waals surface area contributed by atoms with E-state index in [0.29, 0.717) is 16.9 Å². The first-order valence-electron chi connectivity index (χ1n) is 10.8. The van der Waals surface area contributed by atoms with Gasteiger partial charge in [-0.2, -0.15) is 0 Å². The highest BCUT2D eigenvalue weighted by Crippen LogP contribution is 2.42. The van der Waals surface area contributed by atoms with Gasteiger partial charge in [0.2, 0.25) is 5.91 Å². The molecule has 0 fully saturated rings. The van der Waals surface area contributed by atoms with Gasteiger partial charge >= 0.3 is 7.12 Å². The monoisotopic (exact) mass is 478 g/mol. The van der Waals surface area contributed by atoms with Gasteiger partial charge in [-0.1, -0.05) is 11.2 Å². The van der Waals surface area contributed by atoms with Crippen molar-refractivity contribution in [1.29, 1.82) is 0 Å². The van der Waals surface area contributed by atoms with E-state index in [-0.39, 0.29) is 41.7 Å². The topological polar surface area (TPSA) is 114 Å². The lowest BCUT2D eigenvalue weighted by molar-refractivity contribution is -0.120. The molecule has 1 aliphatic rings. The number of fused-ring (bicyclic) bond motifs is 1. The number of aromatic nitrogens is 1. The van der Waals surface area contributed by atoms with Crippen molar-refractivity contribution < 1.29 is 33.2 Å². The molecule has 0 saturated heterocycles. The van der Waals surface area contributed by atoms with Gasteiger partial charge in [-0.25, -0.2) is 4.39 Å². The Morgan fingerprint density at radius 1 is 1.14 bits per heavy atom. The van der Waals surface area contributed by atoms with Crippen LogP contribution >= 0.6 is 0 Å². The molecule has 35 heavy (non-hydrogen) atoms. The van der Waals surface area contributed by atoms with Crippen molar-refractivity contribution in [3.05, 3.63) is 76.4 Å². The quantitative estimate of drug-likeness (QED) is 0.426. The molecule has 3 N–H and O–H groups in total. The minimum Gasteiger partial charge on any atom is -0.497 e. The molecule has 10 heteroatoms. The standard InChI is InChI=1S/C25H24BFN2O6/c1-14-19(8-15-9-22(33-2)25(26(31)32)23(10-15)34-3)18-5-4-16(27)11-20(18)21(14)13-28-24(30)12-17-6-7-29-35-17/h4-11,31-32H,12-13H2,1-3H3,(H,28,30)/b19-8-. The number of carbonyl (C=O) groups excluding carboxylic acids is 1. The van der Waals surface area contributed by atoms with Gasteiger partial charge in [-0.05, 0) is 70.7 Å². The molecular weight excluding hydrogens is 454 g/mol. The summed E-state index contributed by atoms with van der Waals surface area (Å²) >= 11 is 0. The van der Waals surface area contributed by atoms with Crippen molar-refractivity contribution in [2.75, 3.05) is 20.8 Å². The van der Waals surface area contributed by atoms with Crippen molar-refractivity contribution in [3.63, 3.8) is 0 Å². The number of allylic oxidation sites excluding steroid dienone is 2. The van der Waals surface area contributed by atoms with Crippen molar-refractivity contribution in [2.24, 2.45) is 0 Å². The molecule has 1 heterocycles. The Balaban J connectivity index is 1.71. The second-order valence-electron chi connectivity index (χ2n) is 8.00. The summed E-state index contributed by atoms with van der Waals surface area (Å²) in [6.45, 7) is 2.11. The lowest BCUT2D eigenvalue weighted by atomic mass is 9.78. The van der Waals surface area contributed by atoms with Crippen LogP contribution in [0.1, 0.15) is 29.4 Å². The van der Waals surface area contributed by atoms with Gasteiger partial charge in [0, 0.05) is 12.6 Å². The van der Waals surface area contributed by atoms with Crippen LogP contribution in [0.5, 0.6) is 11.5 Å². The Hall–Kier alpha value is -3.89. The van der Waals surface area contributed by atoms with E-state index in [1.807, 2.05) is 13.0 Å². The Morgan fingerprint density at radius 2 is 1.86 bits per heavy atom. The molecule has 0 saturated carbocycles. The summed E-state index contributed by atoms with van der Waals surface area (Å²) in [7, 11) is 1.08. The molecule has 4 rings (SSSR count). The molecule has 0 radical (unpaired) electrons. The number of nitrogens with one attached hydrogen (secondary N) is 1. The van der Waals surface area contributed by atoms with Crippen LogP contribution in [0.25, 0.3) is 17.2 Å².